The molecule has 2 aromatic heterocycles. The molecule has 1 aromatic carbocycles. The molecule has 0 saturated heterocycles. The van der Waals surface area contributed by atoms with E-state index in [1.807, 2.05) is 6.07 Å². The molecule has 1 N–H and O–H groups in total. The van der Waals surface area contributed by atoms with Gasteiger partial charge in [-0.05, 0) is 6.07 Å². The van der Waals surface area contributed by atoms with Gasteiger partial charge in [0.15, 0.2) is 11.5 Å². The second-order valence-electron chi connectivity index (χ2n) is 3.67. The van der Waals surface area contributed by atoms with Crippen LogP contribution in [-0.2, 0) is 0 Å². The van der Waals surface area contributed by atoms with Gasteiger partial charge in [0.1, 0.15) is 17.1 Å². The fraction of sp³-hybridized carbons (Fsp3) is 0. The lowest BCUT2D eigenvalue weighted by Gasteiger charge is -2.09. The highest BCUT2D eigenvalue weighted by Gasteiger charge is 2.16. The molecule has 0 amide bonds. The number of nitrogens with one attached hydrogen (secondary N) is 1. The Bertz CT molecular complexity index is 841. The van der Waals surface area contributed by atoms with Crippen molar-refractivity contribution in [2.45, 2.75) is 0 Å². The first-order valence-electron chi connectivity index (χ1n) is 5.29. The minimum Gasteiger partial charge on any atom is -0.335 e. The van der Waals surface area contributed by atoms with Gasteiger partial charge >= 0.3 is 0 Å². The molecule has 3 rings (SSSR count). The Kier molecular flexibility index (Phi) is 3.36. The molecule has 98 valence electrons. The fourth-order valence-corrected chi connectivity index (χ4v) is 2.78. The van der Waals surface area contributed by atoms with Gasteiger partial charge in [0.05, 0.1) is 27.5 Å². The molecule has 6 nitrogen and oxygen atoms in total. The second-order valence-corrected chi connectivity index (χ2v) is 5.01. The van der Waals surface area contributed by atoms with Crippen LogP contribution in [0, 0.1) is 11.3 Å². The van der Waals surface area contributed by atoms with Crippen LogP contribution in [0.2, 0.25) is 10.0 Å². The van der Waals surface area contributed by atoms with Crippen molar-refractivity contribution >= 4 is 57.5 Å². The molecule has 0 radical (unpaired) electrons. The molecule has 20 heavy (non-hydrogen) atoms. The van der Waals surface area contributed by atoms with Crippen LogP contribution in [0.1, 0.15) is 5.69 Å². The van der Waals surface area contributed by atoms with E-state index in [1.165, 1.54) is 12.4 Å². The Labute approximate surface area is 127 Å². The predicted octanol–water partition coefficient (Wildman–Crippen LogP) is 3.40. The van der Waals surface area contributed by atoms with E-state index in [2.05, 4.69) is 24.0 Å². The molecule has 0 unspecified atom stereocenters. The van der Waals surface area contributed by atoms with E-state index >= 15 is 0 Å². The van der Waals surface area contributed by atoms with Gasteiger partial charge in [-0.2, -0.15) is 14.0 Å². The predicted molar refractivity (Wildman–Crippen MR) is 77.5 cm³/mol. The third-order valence-electron chi connectivity index (χ3n) is 2.49. The zero-order valence-electron chi connectivity index (χ0n) is 9.63. The van der Waals surface area contributed by atoms with Crippen LogP contribution >= 0.6 is 34.9 Å². The Morgan fingerprint density at radius 3 is 2.65 bits per heavy atom. The molecule has 0 fully saturated rings. The van der Waals surface area contributed by atoms with Crippen LogP contribution in [-0.4, -0.2) is 18.7 Å². The summed E-state index contributed by atoms with van der Waals surface area (Å²) in [5.74, 6) is 0.300. The van der Waals surface area contributed by atoms with Gasteiger partial charge in [-0.25, -0.2) is 9.97 Å². The molecule has 9 heteroatoms. The molecule has 2 heterocycles. The second kappa shape index (κ2) is 5.17. The molecule has 0 bridgehead atoms. The van der Waals surface area contributed by atoms with Crippen molar-refractivity contribution in [1.82, 2.24) is 18.7 Å². The summed E-state index contributed by atoms with van der Waals surface area (Å²) < 4.78 is 8.26. The van der Waals surface area contributed by atoms with Gasteiger partial charge in [0, 0.05) is 12.4 Å². The summed E-state index contributed by atoms with van der Waals surface area (Å²) in [6.45, 7) is 0. The highest BCUT2D eigenvalue weighted by molar-refractivity contribution is 7.00. The standard InChI is InChI=1S/C11H4Cl2N6S/c12-5-3-6(13)9-10(19-20-18-9)8(5)17-11-7(4-14)15-1-2-16-11/h1-3H,(H,16,17). The Balaban J connectivity index is 2.16. The van der Waals surface area contributed by atoms with Crippen LogP contribution in [0.3, 0.4) is 0 Å². The van der Waals surface area contributed by atoms with Crippen LogP contribution in [0.4, 0.5) is 11.5 Å². The maximum absolute atomic E-state index is 9.01. The Hall–Kier alpha value is -2.01. The maximum atomic E-state index is 9.01. The molecule has 0 atom stereocenters. The highest BCUT2D eigenvalue weighted by Crippen LogP contribution is 2.36. The lowest BCUT2D eigenvalue weighted by molar-refractivity contribution is 1.16. The van der Waals surface area contributed by atoms with Gasteiger partial charge in [0.2, 0.25) is 0 Å². The van der Waals surface area contributed by atoms with Crippen molar-refractivity contribution in [2.24, 2.45) is 0 Å². The third kappa shape index (κ3) is 2.14. The first-order valence-corrected chi connectivity index (χ1v) is 6.77. The van der Waals surface area contributed by atoms with E-state index < -0.39 is 0 Å². The molecular formula is C11H4Cl2N6S. The van der Waals surface area contributed by atoms with Crippen molar-refractivity contribution < 1.29 is 0 Å². The first kappa shape index (κ1) is 13.0. The van der Waals surface area contributed by atoms with Gasteiger partial charge in [0.25, 0.3) is 0 Å². The van der Waals surface area contributed by atoms with E-state index in [0.717, 1.165) is 11.7 Å². The summed E-state index contributed by atoms with van der Waals surface area (Å²) in [6.07, 6.45) is 2.91. The number of hydrogen-bond donors (Lipinski definition) is 1. The number of nitrogens with zero attached hydrogens (tertiary/aromatic N) is 5. The third-order valence-corrected chi connectivity index (χ3v) is 3.61. The average molecular weight is 323 g/mol. The minimum absolute atomic E-state index is 0.162. The van der Waals surface area contributed by atoms with Gasteiger partial charge in [-0.3, -0.25) is 0 Å². The van der Waals surface area contributed by atoms with Gasteiger partial charge in [-0.15, -0.1) is 0 Å². The molecule has 0 spiro atoms. The van der Waals surface area contributed by atoms with E-state index in [-0.39, 0.29) is 5.69 Å². The number of aromatic nitrogens is 4. The van der Waals surface area contributed by atoms with Crippen molar-refractivity contribution in [2.75, 3.05) is 5.32 Å². The monoisotopic (exact) mass is 322 g/mol. The first-order chi connectivity index (χ1) is 9.70. The molecular weight excluding hydrogens is 319 g/mol. The van der Waals surface area contributed by atoms with Gasteiger partial charge in [-0.1, -0.05) is 23.2 Å². The van der Waals surface area contributed by atoms with E-state index in [9.17, 15) is 0 Å². The number of nitriles is 1. The molecule has 0 aliphatic heterocycles. The molecule has 0 aliphatic rings. The molecule has 0 saturated carbocycles. The number of benzene rings is 1. The van der Waals surface area contributed by atoms with Crippen molar-refractivity contribution in [3.8, 4) is 6.07 Å². The smallest absolute Gasteiger partial charge is 0.183 e. The van der Waals surface area contributed by atoms with E-state index in [1.54, 1.807) is 6.07 Å². The lowest BCUT2D eigenvalue weighted by Crippen LogP contribution is -2.00. The van der Waals surface area contributed by atoms with Crippen LogP contribution in [0.5, 0.6) is 0 Å². The van der Waals surface area contributed by atoms with Crippen LogP contribution < -0.4 is 5.32 Å². The Morgan fingerprint density at radius 1 is 1.10 bits per heavy atom. The average Bonchev–Trinajstić information content (AvgIpc) is 2.93. The summed E-state index contributed by atoms with van der Waals surface area (Å²) in [5.41, 5.74) is 1.74. The number of hydrogen-bond acceptors (Lipinski definition) is 7. The normalized spacial score (nSPS) is 10.4. The number of halogens is 2. The lowest BCUT2D eigenvalue weighted by atomic mass is 10.2. The number of fused-ring (bicyclic) bond motifs is 1. The zero-order valence-corrected chi connectivity index (χ0v) is 12.0. The topological polar surface area (TPSA) is 87.4 Å². The van der Waals surface area contributed by atoms with Crippen molar-refractivity contribution in [3.63, 3.8) is 0 Å². The number of rotatable bonds is 2. The largest absolute Gasteiger partial charge is 0.335 e. The summed E-state index contributed by atoms with van der Waals surface area (Å²) in [6, 6.07) is 3.52. The highest BCUT2D eigenvalue weighted by atomic mass is 35.5. The quantitative estimate of drug-likeness (QED) is 0.777. The van der Waals surface area contributed by atoms with Crippen LogP contribution in [0.25, 0.3) is 11.0 Å². The minimum atomic E-state index is 0.162. The Morgan fingerprint density at radius 2 is 1.85 bits per heavy atom. The summed E-state index contributed by atoms with van der Waals surface area (Å²) in [5, 5.41) is 12.8. The van der Waals surface area contributed by atoms with Crippen molar-refractivity contribution in [3.05, 3.63) is 34.2 Å². The number of anilines is 2. The van der Waals surface area contributed by atoms with Crippen LogP contribution in [0.15, 0.2) is 18.5 Å². The van der Waals surface area contributed by atoms with E-state index in [0.29, 0.717) is 32.6 Å². The summed E-state index contributed by atoms with van der Waals surface area (Å²) >= 11 is 13.2. The van der Waals surface area contributed by atoms with Gasteiger partial charge < -0.3 is 5.32 Å². The molecule has 0 aliphatic carbocycles. The zero-order chi connectivity index (χ0) is 14.1. The molecule has 3 aromatic rings. The SMILES string of the molecule is N#Cc1nccnc1Nc1c(Cl)cc(Cl)c2nsnc12. The summed E-state index contributed by atoms with van der Waals surface area (Å²) in [4.78, 5) is 7.99. The fourth-order valence-electron chi connectivity index (χ4n) is 1.62. The summed E-state index contributed by atoms with van der Waals surface area (Å²) in [7, 11) is 0. The van der Waals surface area contributed by atoms with E-state index in [4.69, 9.17) is 28.5 Å². The maximum Gasteiger partial charge on any atom is 0.183 e. The van der Waals surface area contributed by atoms with Crippen molar-refractivity contribution in [1.29, 1.82) is 5.26 Å².